The number of halogens is 1. The standard InChI is InChI=1S/C21H23ClN8S/c22-16-14(3-7-27-18(16)24)31-20-19(25)29-15(11-28-20)30-8-4-21(5-9-30)10-13-12(17(21)23)2-1-6-26-13/h1-3,6-7,11,17H,4-5,8-10,23H2,(H2,24,27)(H2,25,29). The molecule has 10 heteroatoms. The molecule has 1 unspecified atom stereocenters. The Labute approximate surface area is 189 Å². The third-order valence-corrected chi connectivity index (χ3v) is 7.94. The van der Waals surface area contributed by atoms with Crippen molar-refractivity contribution >= 4 is 40.8 Å². The van der Waals surface area contributed by atoms with Crippen LogP contribution in [0.3, 0.4) is 0 Å². The Balaban J connectivity index is 1.29. The third kappa shape index (κ3) is 3.56. The number of nitrogen functional groups attached to an aromatic ring is 2. The van der Waals surface area contributed by atoms with E-state index in [1.165, 1.54) is 17.3 Å². The summed E-state index contributed by atoms with van der Waals surface area (Å²) in [6, 6.07) is 5.89. The highest BCUT2D eigenvalue weighted by atomic mass is 35.5. The summed E-state index contributed by atoms with van der Waals surface area (Å²) in [4.78, 5) is 20.6. The molecule has 1 saturated heterocycles. The van der Waals surface area contributed by atoms with Gasteiger partial charge >= 0.3 is 0 Å². The normalized spacial score (nSPS) is 19.5. The summed E-state index contributed by atoms with van der Waals surface area (Å²) >= 11 is 7.56. The van der Waals surface area contributed by atoms with E-state index in [1.54, 1.807) is 18.5 Å². The molecule has 0 amide bonds. The number of hydrogen-bond acceptors (Lipinski definition) is 9. The molecule has 5 rings (SSSR count). The van der Waals surface area contributed by atoms with Gasteiger partial charge in [0.05, 0.1) is 11.2 Å². The predicted octanol–water partition coefficient (Wildman–Crippen LogP) is 3.08. The number of nitrogens with zero attached hydrogens (tertiary/aromatic N) is 5. The molecular weight excluding hydrogens is 432 g/mol. The molecule has 1 aliphatic heterocycles. The van der Waals surface area contributed by atoms with Crippen molar-refractivity contribution in [1.29, 1.82) is 0 Å². The molecule has 3 aromatic heterocycles. The number of pyridine rings is 2. The Hall–Kier alpha value is -2.62. The molecule has 0 aromatic carbocycles. The lowest BCUT2D eigenvalue weighted by atomic mass is 9.73. The Bertz CT molecular complexity index is 1130. The van der Waals surface area contributed by atoms with Crippen molar-refractivity contribution in [2.24, 2.45) is 11.1 Å². The Kier molecular flexibility index (Phi) is 5.11. The smallest absolute Gasteiger partial charge is 0.158 e. The number of nitrogens with two attached hydrogens (primary N) is 3. The summed E-state index contributed by atoms with van der Waals surface area (Å²) < 4.78 is 0. The highest BCUT2D eigenvalue weighted by Crippen LogP contribution is 2.50. The highest BCUT2D eigenvalue weighted by molar-refractivity contribution is 7.99. The van der Waals surface area contributed by atoms with Gasteiger partial charge in [0.25, 0.3) is 0 Å². The van der Waals surface area contributed by atoms with Crippen LogP contribution in [0, 0.1) is 5.41 Å². The lowest BCUT2D eigenvalue weighted by Gasteiger charge is -2.42. The monoisotopic (exact) mass is 454 g/mol. The number of aromatic nitrogens is 4. The van der Waals surface area contributed by atoms with Gasteiger partial charge in [-0.2, -0.15) is 0 Å². The largest absolute Gasteiger partial charge is 0.382 e. The third-order valence-electron chi connectivity index (χ3n) is 6.36. The van der Waals surface area contributed by atoms with Crippen molar-refractivity contribution < 1.29 is 0 Å². The second-order valence-corrected chi connectivity index (χ2v) is 9.48. The minimum Gasteiger partial charge on any atom is -0.382 e. The van der Waals surface area contributed by atoms with Crippen molar-refractivity contribution in [3.8, 4) is 0 Å². The molecule has 4 heterocycles. The van der Waals surface area contributed by atoms with Crippen LogP contribution >= 0.6 is 23.4 Å². The fourth-order valence-electron chi connectivity index (χ4n) is 4.56. The quantitative estimate of drug-likeness (QED) is 0.545. The fourth-order valence-corrected chi connectivity index (χ4v) is 5.58. The zero-order chi connectivity index (χ0) is 21.6. The summed E-state index contributed by atoms with van der Waals surface area (Å²) in [6.45, 7) is 1.71. The molecule has 1 aliphatic carbocycles. The van der Waals surface area contributed by atoms with E-state index in [9.17, 15) is 0 Å². The van der Waals surface area contributed by atoms with Crippen LogP contribution in [0.25, 0.3) is 0 Å². The SMILES string of the molecule is Nc1nc(N2CCC3(CC2)Cc2ncccc2C3N)cnc1Sc1ccnc(N)c1Cl. The maximum absolute atomic E-state index is 6.65. The second kappa shape index (κ2) is 7.81. The van der Waals surface area contributed by atoms with Gasteiger partial charge in [0, 0.05) is 42.1 Å². The Morgan fingerprint density at radius 3 is 2.61 bits per heavy atom. The molecule has 0 bridgehead atoms. The first-order chi connectivity index (χ1) is 15.0. The van der Waals surface area contributed by atoms with Gasteiger partial charge in [-0.1, -0.05) is 29.4 Å². The van der Waals surface area contributed by atoms with Gasteiger partial charge < -0.3 is 22.1 Å². The second-order valence-electron chi connectivity index (χ2n) is 8.07. The molecule has 160 valence electrons. The lowest BCUT2D eigenvalue weighted by Crippen LogP contribution is -2.44. The summed E-state index contributed by atoms with van der Waals surface area (Å²) in [5.41, 5.74) is 21.0. The van der Waals surface area contributed by atoms with Crippen LogP contribution in [0.2, 0.25) is 5.02 Å². The highest BCUT2D eigenvalue weighted by Gasteiger charge is 2.46. The molecule has 31 heavy (non-hydrogen) atoms. The molecule has 1 fully saturated rings. The van der Waals surface area contributed by atoms with Crippen molar-refractivity contribution in [2.75, 3.05) is 29.5 Å². The lowest BCUT2D eigenvalue weighted by molar-refractivity contribution is 0.186. The molecule has 6 N–H and O–H groups in total. The number of anilines is 3. The molecule has 1 spiro atoms. The Morgan fingerprint density at radius 2 is 1.87 bits per heavy atom. The van der Waals surface area contributed by atoms with E-state index < -0.39 is 0 Å². The summed E-state index contributed by atoms with van der Waals surface area (Å²) in [5, 5.41) is 0.978. The van der Waals surface area contributed by atoms with Crippen LogP contribution in [-0.2, 0) is 6.42 Å². The van der Waals surface area contributed by atoms with E-state index in [1.807, 2.05) is 12.3 Å². The van der Waals surface area contributed by atoms with Crippen molar-refractivity contribution in [3.63, 3.8) is 0 Å². The first-order valence-electron chi connectivity index (χ1n) is 10.1. The van der Waals surface area contributed by atoms with E-state index in [0.717, 1.165) is 48.8 Å². The van der Waals surface area contributed by atoms with Crippen LogP contribution in [0.5, 0.6) is 0 Å². The maximum Gasteiger partial charge on any atom is 0.158 e. The number of hydrogen-bond donors (Lipinski definition) is 3. The average molecular weight is 455 g/mol. The summed E-state index contributed by atoms with van der Waals surface area (Å²) in [6.07, 6.45) is 8.12. The van der Waals surface area contributed by atoms with Gasteiger partial charge in [-0.3, -0.25) is 4.98 Å². The zero-order valence-electron chi connectivity index (χ0n) is 16.8. The van der Waals surface area contributed by atoms with E-state index in [-0.39, 0.29) is 17.3 Å². The van der Waals surface area contributed by atoms with Gasteiger partial charge in [-0.25, -0.2) is 15.0 Å². The summed E-state index contributed by atoms with van der Waals surface area (Å²) in [5.74, 6) is 1.42. The van der Waals surface area contributed by atoms with Crippen LogP contribution in [0.1, 0.15) is 30.1 Å². The first kappa shape index (κ1) is 20.3. The van der Waals surface area contributed by atoms with E-state index >= 15 is 0 Å². The topological polar surface area (TPSA) is 133 Å². The van der Waals surface area contributed by atoms with Crippen molar-refractivity contribution in [1.82, 2.24) is 19.9 Å². The molecule has 2 aliphatic rings. The minimum absolute atomic E-state index is 0.0332. The van der Waals surface area contributed by atoms with Gasteiger partial charge in [0.2, 0.25) is 0 Å². The van der Waals surface area contributed by atoms with E-state index in [4.69, 9.17) is 28.8 Å². The summed E-state index contributed by atoms with van der Waals surface area (Å²) in [7, 11) is 0. The number of piperidine rings is 1. The molecule has 3 aromatic rings. The first-order valence-corrected chi connectivity index (χ1v) is 11.3. The Morgan fingerprint density at radius 1 is 1.06 bits per heavy atom. The van der Waals surface area contributed by atoms with Crippen LogP contribution in [-0.4, -0.2) is 33.0 Å². The van der Waals surface area contributed by atoms with Crippen molar-refractivity contribution in [3.05, 3.63) is 53.1 Å². The van der Waals surface area contributed by atoms with Crippen LogP contribution in [0.15, 0.2) is 46.7 Å². The van der Waals surface area contributed by atoms with Gasteiger partial charge in [0.1, 0.15) is 16.7 Å². The van der Waals surface area contributed by atoms with Crippen LogP contribution < -0.4 is 22.1 Å². The maximum atomic E-state index is 6.65. The molecular formula is C21H23ClN8S. The zero-order valence-corrected chi connectivity index (χ0v) is 18.4. The van der Waals surface area contributed by atoms with Gasteiger partial charge in [-0.15, -0.1) is 0 Å². The molecule has 0 saturated carbocycles. The molecule has 8 nitrogen and oxygen atoms in total. The van der Waals surface area contributed by atoms with Gasteiger partial charge in [0.15, 0.2) is 5.82 Å². The predicted molar refractivity (Wildman–Crippen MR) is 123 cm³/mol. The van der Waals surface area contributed by atoms with Crippen molar-refractivity contribution in [2.45, 2.75) is 35.2 Å². The molecule has 1 atom stereocenters. The average Bonchev–Trinajstić information content (AvgIpc) is 3.05. The van der Waals surface area contributed by atoms with E-state index in [2.05, 4.69) is 30.9 Å². The van der Waals surface area contributed by atoms with E-state index in [0.29, 0.717) is 15.9 Å². The van der Waals surface area contributed by atoms with Gasteiger partial charge in [-0.05, 0) is 42.4 Å². The minimum atomic E-state index is 0.0332. The number of rotatable bonds is 3. The number of fused-ring (bicyclic) bond motifs is 1. The fraction of sp³-hybridized carbons (Fsp3) is 0.333. The van der Waals surface area contributed by atoms with Crippen LogP contribution in [0.4, 0.5) is 17.5 Å². The molecule has 0 radical (unpaired) electrons.